The molecule has 5 heteroatoms. The summed E-state index contributed by atoms with van der Waals surface area (Å²) in [6.45, 7) is 7.03. The second-order valence-electron chi connectivity index (χ2n) is 5.92. The molecule has 0 unspecified atom stereocenters. The van der Waals surface area contributed by atoms with Crippen molar-refractivity contribution in [1.82, 2.24) is 14.8 Å². The van der Waals surface area contributed by atoms with E-state index in [0.717, 1.165) is 11.3 Å². The number of pyridine rings is 1. The highest BCUT2D eigenvalue weighted by atomic mass is 16.2. The van der Waals surface area contributed by atoms with E-state index >= 15 is 0 Å². The molecule has 0 bridgehead atoms. The maximum atomic E-state index is 12.7. The first-order valence-electron chi connectivity index (χ1n) is 8.54. The Labute approximate surface area is 149 Å². The number of nitrogens with zero attached hydrogens (tertiary/aromatic N) is 3. The summed E-state index contributed by atoms with van der Waals surface area (Å²) in [5.41, 5.74) is 3.02. The molecular formula is C20H25N3O2. The second kappa shape index (κ2) is 8.42. The molecule has 0 radical (unpaired) electrons. The van der Waals surface area contributed by atoms with E-state index in [0.29, 0.717) is 24.3 Å². The average Bonchev–Trinajstić information content (AvgIpc) is 2.62. The maximum Gasteiger partial charge on any atom is 0.255 e. The van der Waals surface area contributed by atoms with Crippen LogP contribution in [0.1, 0.15) is 29.9 Å². The fraction of sp³-hybridized carbons (Fsp3) is 0.350. The molecule has 2 amide bonds. The second-order valence-corrected chi connectivity index (χ2v) is 5.92. The van der Waals surface area contributed by atoms with Gasteiger partial charge in [-0.3, -0.25) is 14.6 Å². The number of rotatable bonds is 6. The standard InChI is InChI=1S/C20H25N3O2/c1-5-23(6-2)19(24)14-22(4)20(25)17-12-13-18(21-15(17)3)16-10-8-7-9-11-16/h7-13H,5-6,14H2,1-4H3. The lowest BCUT2D eigenvalue weighted by Crippen LogP contribution is -2.41. The first kappa shape index (κ1) is 18.6. The van der Waals surface area contributed by atoms with Crippen molar-refractivity contribution >= 4 is 11.8 Å². The van der Waals surface area contributed by atoms with Crippen LogP contribution in [0.4, 0.5) is 0 Å². The van der Waals surface area contributed by atoms with Crippen LogP contribution in [0.15, 0.2) is 42.5 Å². The van der Waals surface area contributed by atoms with Gasteiger partial charge in [0.25, 0.3) is 5.91 Å². The van der Waals surface area contributed by atoms with Crippen molar-refractivity contribution in [2.75, 3.05) is 26.7 Å². The first-order valence-corrected chi connectivity index (χ1v) is 8.54. The molecule has 0 N–H and O–H groups in total. The number of carbonyl (C=O) groups is 2. The molecular weight excluding hydrogens is 314 g/mol. The van der Waals surface area contributed by atoms with Gasteiger partial charge in [0.15, 0.2) is 0 Å². The summed E-state index contributed by atoms with van der Waals surface area (Å²) in [5.74, 6) is -0.238. The number of carbonyl (C=O) groups excluding carboxylic acids is 2. The minimum atomic E-state index is -0.190. The number of hydrogen-bond donors (Lipinski definition) is 0. The summed E-state index contributed by atoms with van der Waals surface area (Å²) in [6, 6.07) is 13.5. The van der Waals surface area contributed by atoms with Crippen molar-refractivity contribution in [3.63, 3.8) is 0 Å². The van der Waals surface area contributed by atoms with E-state index in [4.69, 9.17) is 0 Å². The van der Waals surface area contributed by atoms with Crippen LogP contribution in [0.3, 0.4) is 0 Å². The SMILES string of the molecule is CCN(CC)C(=O)CN(C)C(=O)c1ccc(-c2ccccc2)nc1C. The highest BCUT2D eigenvalue weighted by molar-refractivity contribution is 5.97. The van der Waals surface area contributed by atoms with Gasteiger partial charge >= 0.3 is 0 Å². The topological polar surface area (TPSA) is 53.5 Å². The van der Waals surface area contributed by atoms with E-state index in [2.05, 4.69) is 4.98 Å². The van der Waals surface area contributed by atoms with Crippen LogP contribution in [0.2, 0.25) is 0 Å². The number of hydrogen-bond acceptors (Lipinski definition) is 3. The van der Waals surface area contributed by atoms with Crippen LogP contribution < -0.4 is 0 Å². The van der Waals surface area contributed by atoms with E-state index in [1.54, 1.807) is 18.0 Å². The van der Waals surface area contributed by atoms with Gasteiger partial charge in [-0.05, 0) is 32.9 Å². The number of likely N-dealkylation sites (N-methyl/N-ethyl adjacent to an activating group) is 2. The number of aryl methyl sites for hydroxylation is 1. The van der Waals surface area contributed by atoms with Crippen molar-refractivity contribution in [3.05, 3.63) is 53.7 Å². The lowest BCUT2D eigenvalue weighted by atomic mass is 10.1. The smallest absolute Gasteiger partial charge is 0.255 e. The van der Waals surface area contributed by atoms with Crippen LogP contribution in [0.5, 0.6) is 0 Å². The summed E-state index contributed by atoms with van der Waals surface area (Å²) >= 11 is 0. The molecule has 1 heterocycles. The molecule has 2 rings (SSSR count). The molecule has 0 aliphatic rings. The minimum absolute atomic E-state index is 0.0487. The summed E-state index contributed by atoms with van der Waals surface area (Å²) in [4.78, 5) is 32.6. The highest BCUT2D eigenvalue weighted by Gasteiger charge is 2.20. The monoisotopic (exact) mass is 339 g/mol. The van der Waals surface area contributed by atoms with Crippen molar-refractivity contribution < 1.29 is 9.59 Å². The molecule has 1 aromatic carbocycles. The Hall–Kier alpha value is -2.69. The molecule has 1 aromatic heterocycles. The minimum Gasteiger partial charge on any atom is -0.342 e. The summed E-state index contributed by atoms with van der Waals surface area (Å²) < 4.78 is 0. The van der Waals surface area contributed by atoms with E-state index < -0.39 is 0 Å². The predicted molar refractivity (Wildman–Crippen MR) is 99.3 cm³/mol. The molecule has 0 saturated carbocycles. The van der Waals surface area contributed by atoms with E-state index in [9.17, 15) is 9.59 Å². The van der Waals surface area contributed by atoms with Crippen LogP contribution in [0, 0.1) is 6.92 Å². The Morgan fingerprint density at radius 2 is 1.64 bits per heavy atom. The molecule has 0 saturated heterocycles. The van der Waals surface area contributed by atoms with Gasteiger partial charge in [-0.1, -0.05) is 30.3 Å². The first-order chi connectivity index (χ1) is 12.0. The van der Waals surface area contributed by atoms with Crippen LogP contribution >= 0.6 is 0 Å². The lowest BCUT2D eigenvalue weighted by molar-refractivity contribution is -0.131. The summed E-state index contributed by atoms with van der Waals surface area (Å²) in [7, 11) is 1.65. The molecule has 0 aliphatic heterocycles. The molecule has 2 aromatic rings. The molecule has 132 valence electrons. The van der Waals surface area contributed by atoms with Gasteiger partial charge in [-0.2, -0.15) is 0 Å². The largest absolute Gasteiger partial charge is 0.342 e. The Balaban J connectivity index is 2.15. The molecule has 5 nitrogen and oxygen atoms in total. The summed E-state index contributed by atoms with van der Waals surface area (Å²) in [5, 5.41) is 0. The Bertz CT molecular complexity index is 740. The van der Waals surface area contributed by atoms with Crippen LogP contribution in [-0.2, 0) is 4.79 Å². The number of benzene rings is 1. The Kier molecular flexibility index (Phi) is 6.28. The Morgan fingerprint density at radius 1 is 1.00 bits per heavy atom. The molecule has 0 fully saturated rings. The number of amides is 2. The van der Waals surface area contributed by atoms with Gasteiger partial charge in [0.1, 0.15) is 0 Å². The van der Waals surface area contributed by atoms with Crippen molar-refractivity contribution in [2.24, 2.45) is 0 Å². The normalized spacial score (nSPS) is 10.4. The van der Waals surface area contributed by atoms with Crippen molar-refractivity contribution in [3.8, 4) is 11.3 Å². The lowest BCUT2D eigenvalue weighted by Gasteiger charge is -2.23. The average molecular weight is 339 g/mol. The van der Waals surface area contributed by atoms with Gasteiger partial charge in [-0.25, -0.2) is 0 Å². The zero-order valence-corrected chi connectivity index (χ0v) is 15.3. The number of aromatic nitrogens is 1. The molecule has 0 aliphatic carbocycles. The van der Waals surface area contributed by atoms with Gasteiger partial charge < -0.3 is 9.80 Å². The van der Waals surface area contributed by atoms with Crippen LogP contribution in [-0.4, -0.2) is 53.3 Å². The van der Waals surface area contributed by atoms with Crippen molar-refractivity contribution in [1.29, 1.82) is 0 Å². The van der Waals surface area contributed by atoms with Gasteiger partial charge in [0.2, 0.25) is 5.91 Å². The molecule has 0 atom stereocenters. The fourth-order valence-electron chi connectivity index (χ4n) is 2.71. The van der Waals surface area contributed by atoms with Crippen molar-refractivity contribution in [2.45, 2.75) is 20.8 Å². The fourth-order valence-corrected chi connectivity index (χ4v) is 2.71. The third-order valence-electron chi connectivity index (χ3n) is 4.22. The van der Waals surface area contributed by atoms with Gasteiger partial charge in [-0.15, -0.1) is 0 Å². The van der Waals surface area contributed by atoms with E-state index in [-0.39, 0.29) is 18.4 Å². The predicted octanol–water partition coefficient (Wildman–Crippen LogP) is 3.00. The third kappa shape index (κ3) is 4.44. The quantitative estimate of drug-likeness (QED) is 0.813. The zero-order valence-electron chi connectivity index (χ0n) is 15.3. The van der Waals surface area contributed by atoms with E-state index in [1.165, 1.54) is 4.90 Å². The van der Waals surface area contributed by atoms with Gasteiger partial charge in [0, 0.05) is 25.7 Å². The third-order valence-corrected chi connectivity index (χ3v) is 4.22. The maximum absolute atomic E-state index is 12.7. The van der Waals surface area contributed by atoms with Gasteiger partial charge in [0.05, 0.1) is 23.5 Å². The molecule has 25 heavy (non-hydrogen) atoms. The Morgan fingerprint density at radius 3 is 2.20 bits per heavy atom. The highest BCUT2D eigenvalue weighted by Crippen LogP contribution is 2.19. The van der Waals surface area contributed by atoms with E-state index in [1.807, 2.05) is 57.2 Å². The van der Waals surface area contributed by atoms with Crippen LogP contribution in [0.25, 0.3) is 11.3 Å². The molecule has 0 spiro atoms. The summed E-state index contributed by atoms with van der Waals surface area (Å²) in [6.07, 6.45) is 0. The zero-order chi connectivity index (χ0) is 18.4.